The van der Waals surface area contributed by atoms with Crippen LogP contribution in [0.1, 0.15) is 30.6 Å². The van der Waals surface area contributed by atoms with E-state index in [0.717, 1.165) is 11.0 Å². The number of pyridine rings is 1. The minimum atomic E-state index is -0.663. The van der Waals surface area contributed by atoms with Crippen LogP contribution in [0.25, 0.3) is 11.0 Å². The molecule has 134 valence electrons. The number of rotatable bonds is 6. The average molecular weight is 351 g/mol. The number of carbonyl (C=O) groups is 2. The van der Waals surface area contributed by atoms with E-state index in [1.54, 1.807) is 24.5 Å². The highest BCUT2D eigenvalue weighted by molar-refractivity contribution is 6.01. The zero-order chi connectivity index (χ0) is 18.5. The van der Waals surface area contributed by atoms with Crippen LogP contribution >= 0.6 is 0 Å². The molecular weight excluding hydrogens is 330 g/mol. The number of imidazole rings is 1. The first-order valence-electron chi connectivity index (χ1n) is 8.49. The van der Waals surface area contributed by atoms with E-state index in [9.17, 15) is 9.59 Å². The molecule has 0 spiro atoms. The summed E-state index contributed by atoms with van der Waals surface area (Å²) in [5, 5.41) is 5.56. The first-order valence-corrected chi connectivity index (χ1v) is 8.49. The molecule has 0 radical (unpaired) electrons. The zero-order valence-corrected chi connectivity index (χ0v) is 14.7. The molecule has 0 saturated heterocycles. The standard InChI is InChI=1S/C19H21N5O2/c1-12(2)11-16(21-17(25)13-7-9-20-10-8-13)18(26)24-19-22-14-5-3-4-6-15(14)23-19/h3-10,12,16H,11H2,1-2H3,(H,21,25)(H2,22,23,24,26). The number of amides is 2. The van der Waals surface area contributed by atoms with Gasteiger partial charge in [0.2, 0.25) is 11.9 Å². The Morgan fingerprint density at radius 3 is 2.54 bits per heavy atom. The van der Waals surface area contributed by atoms with Crippen molar-refractivity contribution in [3.8, 4) is 0 Å². The van der Waals surface area contributed by atoms with Crippen LogP contribution in [0.4, 0.5) is 5.95 Å². The van der Waals surface area contributed by atoms with Crippen LogP contribution < -0.4 is 10.6 Å². The van der Waals surface area contributed by atoms with Gasteiger partial charge in [0.05, 0.1) is 11.0 Å². The van der Waals surface area contributed by atoms with E-state index in [2.05, 4.69) is 25.6 Å². The van der Waals surface area contributed by atoms with Crippen LogP contribution in [0, 0.1) is 5.92 Å². The SMILES string of the molecule is CC(C)CC(NC(=O)c1ccncc1)C(=O)Nc1nc2ccccc2[nH]1. The smallest absolute Gasteiger partial charge is 0.252 e. The monoisotopic (exact) mass is 351 g/mol. The molecular formula is C19H21N5O2. The fourth-order valence-electron chi connectivity index (χ4n) is 2.66. The lowest BCUT2D eigenvalue weighted by Gasteiger charge is -2.19. The molecule has 0 aliphatic heterocycles. The first-order chi connectivity index (χ1) is 12.5. The second-order valence-electron chi connectivity index (χ2n) is 6.48. The van der Waals surface area contributed by atoms with Crippen molar-refractivity contribution >= 4 is 28.8 Å². The van der Waals surface area contributed by atoms with Crippen molar-refractivity contribution < 1.29 is 9.59 Å². The summed E-state index contributed by atoms with van der Waals surface area (Å²) in [5.74, 6) is -0.0137. The molecule has 2 aromatic heterocycles. The number of benzene rings is 1. The van der Waals surface area contributed by atoms with Crippen molar-refractivity contribution in [2.75, 3.05) is 5.32 Å². The van der Waals surface area contributed by atoms with Crippen LogP contribution in [-0.2, 0) is 4.79 Å². The third kappa shape index (κ3) is 4.24. The summed E-state index contributed by atoms with van der Waals surface area (Å²) >= 11 is 0. The summed E-state index contributed by atoms with van der Waals surface area (Å²) in [5.41, 5.74) is 2.07. The van der Waals surface area contributed by atoms with Crippen molar-refractivity contribution in [2.45, 2.75) is 26.3 Å². The Hall–Kier alpha value is -3.22. The van der Waals surface area contributed by atoms with Crippen LogP contribution in [0.15, 0.2) is 48.8 Å². The minimum Gasteiger partial charge on any atom is -0.340 e. The van der Waals surface area contributed by atoms with Gasteiger partial charge in [0.1, 0.15) is 6.04 Å². The number of anilines is 1. The topological polar surface area (TPSA) is 99.8 Å². The maximum absolute atomic E-state index is 12.7. The average Bonchev–Trinajstić information content (AvgIpc) is 3.03. The fraction of sp³-hybridized carbons (Fsp3) is 0.263. The number of nitrogens with one attached hydrogen (secondary N) is 3. The van der Waals surface area contributed by atoms with Crippen LogP contribution in [0.3, 0.4) is 0 Å². The second kappa shape index (κ2) is 7.77. The van der Waals surface area contributed by atoms with Gasteiger partial charge in [-0.25, -0.2) is 4.98 Å². The van der Waals surface area contributed by atoms with Crippen molar-refractivity contribution in [3.63, 3.8) is 0 Å². The van der Waals surface area contributed by atoms with Crippen LogP contribution in [0.2, 0.25) is 0 Å². The highest BCUT2D eigenvalue weighted by Gasteiger charge is 2.23. The van der Waals surface area contributed by atoms with E-state index in [-0.39, 0.29) is 17.7 Å². The number of fused-ring (bicyclic) bond motifs is 1. The Morgan fingerprint density at radius 1 is 1.12 bits per heavy atom. The third-order valence-corrected chi connectivity index (χ3v) is 3.90. The third-order valence-electron chi connectivity index (χ3n) is 3.90. The summed E-state index contributed by atoms with van der Waals surface area (Å²) in [6.07, 6.45) is 3.60. The van der Waals surface area contributed by atoms with Gasteiger partial charge in [-0.2, -0.15) is 0 Å². The van der Waals surface area contributed by atoms with Gasteiger partial charge in [-0.05, 0) is 36.6 Å². The lowest BCUT2D eigenvalue weighted by atomic mass is 10.0. The summed E-state index contributed by atoms with van der Waals surface area (Å²) < 4.78 is 0. The minimum absolute atomic E-state index is 0.235. The Balaban J connectivity index is 1.73. The molecule has 0 saturated carbocycles. The maximum atomic E-state index is 12.7. The highest BCUT2D eigenvalue weighted by Crippen LogP contribution is 2.14. The van der Waals surface area contributed by atoms with E-state index in [1.165, 1.54) is 0 Å². The Bertz CT molecular complexity index is 871. The molecule has 2 amide bonds. The molecule has 1 unspecified atom stereocenters. The van der Waals surface area contributed by atoms with E-state index >= 15 is 0 Å². The number of hydrogen-bond donors (Lipinski definition) is 3. The van der Waals surface area contributed by atoms with Crippen molar-refractivity contribution in [2.24, 2.45) is 5.92 Å². The molecule has 3 N–H and O–H groups in total. The lowest BCUT2D eigenvalue weighted by molar-refractivity contribution is -0.118. The molecule has 0 aliphatic rings. The van der Waals surface area contributed by atoms with Crippen molar-refractivity contribution in [1.82, 2.24) is 20.3 Å². The molecule has 0 bridgehead atoms. The summed E-state index contributed by atoms with van der Waals surface area (Å²) in [6, 6.07) is 10.1. The number of nitrogens with zero attached hydrogens (tertiary/aromatic N) is 2. The molecule has 7 heteroatoms. The summed E-state index contributed by atoms with van der Waals surface area (Å²) in [7, 11) is 0. The Morgan fingerprint density at radius 2 is 1.85 bits per heavy atom. The predicted molar refractivity (Wildman–Crippen MR) is 99.7 cm³/mol. The van der Waals surface area contributed by atoms with E-state index < -0.39 is 6.04 Å². The van der Waals surface area contributed by atoms with Gasteiger partial charge in [-0.3, -0.25) is 19.9 Å². The Labute approximate surface area is 151 Å². The number of aromatic nitrogens is 3. The summed E-state index contributed by atoms with van der Waals surface area (Å²) in [4.78, 5) is 36.4. The zero-order valence-electron chi connectivity index (χ0n) is 14.7. The number of H-pyrrole nitrogens is 1. The van der Waals surface area contributed by atoms with Gasteiger partial charge in [0, 0.05) is 18.0 Å². The highest BCUT2D eigenvalue weighted by atomic mass is 16.2. The van der Waals surface area contributed by atoms with E-state index in [1.807, 2.05) is 38.1 Å². The molecule has 3 rings (SSSR count). The quantitative estimate of drug-likeness (QED) is 0.636. The molecule has 0 aliphatic carbocycles. The van der Waals surface area contributed by atoms with Crippen molar-refractivity contribution in [1.29, 1.82) is 0 Å². The van der Waals surface area contributed by atoms with Gasteiger partial charge < -0.3 is 10.3 Å². The van der Waals surface area contributed by atoms with Gasteiger partial charge in [-0.15, -0.1) is 0 Å². The van der Waals surface area contributed by atoms with Crippen LogP contribution in [-0.4, -0.2) is 32.8 Å². The molecule has 0 fully saturated rings. The van der Waals surface area contributed by atoms with E-state index in [4.69, 9.17) is 0 Å². The number of carbonyl (C=O) groups excluding carboxylic acids is 2. The van der Waals surface area contributed by atoms with Gasteiger partial charge in [-0.1, -0.05) is 26.0 Å². The van der Waals surface area contributed by atoms with Crippen molar-refractivity contribution in [3.05, 3.63) is 54.4 Å². The number of aromatic amines is 1. The van der Waals surface area contributed by atoms with E-state index in [0.29, 0.717) is 17.9 Å². The molecule has 26 heavy (non-hydrogen) atoms. The normalized spacial score (nSPS) is 12.1. The summed E-state index contributed by atoms with van der Waals surface area (Å²) in [6.45, 7) is 4.00. The van der Waals surface area contributed by atoms with Crippen LogP contribution in [0.5, 0.6) is 0 Å². The van der Waals surface area contributed by atoms with Gasteiger partial charge >= 0.3 is 0 Å². The maximum Gasteiger partial charge on any atom is 0.252 e. The first kappa shape index (κ1) is 17.6. The van der Waals surface area contributed by atoms with Gasteiger partial charge in [0.25, 0.3) is 5.91 Å². The largest absolute Gasteiger partial charge is 0.340 e. The van der Waals surface area contributed by atoms with Gasteiger partial charge in [0.15, 0.2) is 0 Å². The lowest BCUT2D eigenvalue weighted by Crippen LogP contribution is -2.44. The Kier molecular flexibility index (Phi) is 5.26. The molecule has 7 nitrogen and oxygen atoms in total. The number of para-hydroxylation sites is 2. The molecule has 1 aromatic carbocycles. The molecule has 1 atom stereocenters. The molecule has 3 aromatic rings. The second-order valence-corrected chi connectivity index (χ2v) is 6.48. The molecule has 2 heterocycles. The fourth-order valence-corrected chi connectivity index (χ4v) is 2.66. The number of hydrogen-bond acceptors (Lipinski definition) is 4. The predicted octanol–water partition coefficient (Wildman–Crippen LogP) is 2.74.